The lowest BCUT2D eigenvalue weighted by atomic mass is 10.1. The van der Waals surface area contributed by atoms with E-state index in [1.54, 1.807) is 13.0 Å². The zero-order chi connectivity index (χ0) is 18.8. The standard InChI is InChI=1S/C20H24N4O3/c1-14-11-18(22-27-14)24-13-15(12-19(24)25)20(26)21-16-5-7-17(8-6-16)23-9-3-2-4-10-23/h5-8,11,15H,2-4,9-10,12-13H2,1H3,(H,21,26). The van der Waals surface area contributed by atoms with E-state index in [0.717, 1.165) is 18.8 Å². The third-order valence-corrected chi connectivity index (χ3v) is 5.24. The van der Waals surface area contributed by atoms with Crippen LogP contribution in [-0.4, -0.2) is 36.6 Å². The number of aromatic nitrogens is 1. The molecular formula is C20H24N4O3. The molecule has 1 aromatic carbocycles. The van der Waals surface area contributed by atoms with Gasteiger partial charge in [-0.15, -0.1) is 0 Å². The lowest BCUT2D eigenvalue weighted by Crippen LogP contribution is -2.29. The second-order valence-electron chi connectivity index (χ2n) is 7.28. The first-order chi connectivity index (χ1) is 13.1. The van der Waals surface area contributed by atoms with Gasteiger partial charge in [0, 0.05) is 43.5 Å². The van der Waals surface area contributed by atoms with Crippen LogP contribution in [0.15, 0.2) is 34.9 Å². The molecule has 0 spiro atoms. The SMILES string of the molecule is Cc1cc(N2CC(C(=O)Nc3ccc(N4CCCCC4)cc3)CC2=O)no1. The molecule has 27 heavy (non-hydrogen) atoms. The molecule has 0 bridgehead atoms. The Morgan fingerprint density at radius 2 is 1.93 bits per heavy atom. The summed E-state index contributed by atoms with van der Waals surface area (Å²) >= 11 is 0. The van der Waals surface area contributed by atoms with Gasteiger partial charge in [0.25, 0.3) is 0 Å². The second kappa shape index (κ2) is 7.42. The third-order valence-electron chi connectivity index (χ3n) is 5.24. The Balaban J connectivity index is 1.37. The first kappa shape index (κ1) is 17.6. The third kappa shape index (κ3) is 3.82. The molecule has 3 heterocycles. The highest BCUT2D eigenvalue weighted by molar-refractivity contribution is 6.03. The van der Waals surface area contributed by atoms with Crippen molar-refractivity contribution in [3.63, 3.8) is 0 Å². The van der Waals surface area contributed by atoms with Crippen molar-refractivity contribution in [3.8, 4) is 0 Å². The second-order valence-corrected chi connectivity index (χ2v) is 7.28. The number of amides is 2. The maximum Gasteiger partial charge on any atom is 0.229 e. The predicted octanol–water partition coefficient (Wildman–Crippen LogP) is 2.96. The maximum absolute atomic E-state index is 12.6. The lowest BCUT2D eigenvalue weighted by Gasteiger charge is -2.28. The number of benzene rings is 1. The van der Waals surface area contributed by atoms with Crippen LogP contribution in [-0.2, 0) is 9.59 Å². The molecule has 2 saturated heterocycles. The van der Waals surface area contributed by atoms with Crippen LogP contribution in [0.3, 0.4) is 0 Å². The van der Waals surface area contributed by atoms with Gasteiger partial charge < -0.3 is 14.7 Å². The summed E-state index contributed by atoms with van der Waals surface area (Å²) in [6.07, 6.45) is 3.95. The highest BCUT2D eigenvalue weighted by Gasteiger charge is 2.36. The molecule has 2 aliphatic rings. The molecule has 2 aliphatic heterocycles. The van der Waals surface area contributed by atoms with Crippen LogP contribution in [0.4, 0.5) is 17.2 Å². The Kier molecular flexibility index (Phi) is 4.83. The average Bonchev–Trinajstić information content (AvgIpc) is 3.28. The zero-order valence-corrected chi connectivity index (χ0v) is 15.5. The van der Waals surface area contributed by atoms with Gasteiger partial charge in [-0.3, -0.25) is 14.5 Å². The highest BCUT2D eigenvalue weighted by atomic mass is 16.5. The number of anilines is 3. The smallest absolute Gasteiger partial charge is 0.229 e. The van der Waals surface area contributed by atoms with E-state index in [2.05, 4.69) is 15.4 Å². The molecule has 2 amide bonds. The summed E-state index contributed by atoms with van der Waals surface area (Å²) in [5.74, 6) is 0.468. The van der Waals surface area contributed by atoms with Crippen LogP contribution in [0.1, 0.15) is 31.4 Å². The van der Waals surface area contributed by atoms with Gasteiger partial charge in [0.2, 0.25) is 11.8 Å². The van der Waals surface area contributed by atoms with Gasteiger partial charge in [-0.05, 0) is 50.5 Å². The normalized spacial score (nSPS) is 20.2. The Morgan fingerprint density at radius 1 is 1.19 bits per heavy atom. The minimum Gasteiger partial charge on any atom is -0.372 e. The van der Waals surface area contributed by atoms with E-state index in [0.29, 0.717) is 18.1 Å². The van der Waals surface area contributed by atoms with Crippen LogP contribution in [0.2, 0.25) is 0 Å². The summed E-state index contributed by atoms with van der Waals surface area (Å²) < 4.78 is 5.03. The molecule has 2 aromatic rings. The number of piperidine rings is 1. The first-order valence-corrected chi connectivity index (χ1v) is 9.50. The van der Waals surface area contributed by atoms with Crippen molar-refractivity contribution < 1.29 is 14.1 Å². The summed E-state index contributed by atoms with van der Waals surface area (Å²) in [5, 5.41) is 6.81. The quantitative estimate of drug-likeness (QED) is 0.898. The topological polar surface area (TPSA) is 78.7 Å². The van der Waals surface area contributed by atoms with Gasteiger partial charge in [-0.25, -0.2) is 0 Å². The lowest BCUT2D eigenvalue weighted by molar-refractivity contribution is -0.122. The van der Waals surface area contributed by atoms with Crippen LogP contribution in [0, 0.1) is 12.8 Å². The number of nitrogens with zero attached hydrogens (tertiary/aromatic N) is 3. The Morgan fingerprint density at radius 3 is 2.59 bits per heavy atom. The maximum atomic E-state index is 12.6. The highest BCUT2D eigenvalue weighted by Crippen LogP contribution is 2.26. The molecule has 0 radical (unpaired) electrons. The van der Waals surface area contributed by atoms with E-state index in [1.165, 1.54) is 29.8 Å². The van der Waals surface area contributed by atoms with Gasteiger partial charge in [0.15, 0.2) is 5.82 Å². The largest absolute Gasteiger partial charge is 0.372 e. The van der Waals surface area contributed by atoms with E-state index in [-0.39, 0.29) is 18.2 Å². The molecule has 1 N–H and O–H groups in total. The summed E-state index contributed by atoms with van der Waals surface area (Å²) in [4.78, 5) is 28.7. The molecule has 1 unspecified atom stereocenters. The molecule has 0 saturated carbocycles. The van der Waals surface area contributed by atoms with Crippen molar-refractivity contribution in [2.75, 3.05) is 34.8 Å². The molecule has 1 atom stereocenters. The van der Waals surface area contributed by atoms with Crippen LogP contribution in [0.5, 0.6) is 0 Å². The van der Waals surface area contributed by atoms with E-state index in [1.807, 2.05) is 24.3 Å². The van der Waals surface area contributed by atoms with E-state index in [4.69, 9.17) is 4.52 Å². The monoisotopic (exact) mass is 368 g/mol. The van der Waals surface area contributed by atoms with Crippen molar-refractivity contribution >= 4 is 29.0 Å². The summed E-state index contributed by atoms with van der Waals surface area (Å²) in [5.41, 5.74) is 1.94. The van der Waals surface area contributed by atoms with Gasteiger partial charge in [-0.2, -0.15) is 0 Å². The number of nitrogens with one attached hydrogen (secondary N) is 1. The van der Waals surface area contributed by atoms with Crippen LogP contribution < -0.4 is 15.1 Å². The van der Waals surface area contributed by atoms with Gasteiger partial charge in [0.05, 0.1) is 5.92 Å². The molecule has 0 aliphatic carbocycles. The number of hydrogen-bond donors (Lipinski definition) is 1. The van der Waals surface area contributed by atoms with Crippen molar-refractivity contribution in [1.29, 1.82) is 0 Å². The average molecular weight is 368 g/mol. The fourth-order valence-electron chi connectivity index (χ4n) is 3.74. The predicted molar refractivity (Wildman–Crippen MR) is 103 cm³/mol. The summed E-state index contributed by atoms with van der Waals surface area (Å²) in [7, 11) is 0. The van der Waals surface area contributed by atoms with E-state index < -0.39 is 5.92 Å². The first-order valence-electron chi connectivity index (χ1n) is 9.50. The Labute approximate surface area is 158 Å². The van der Waals surface area contributed by atoms with E-state index in [9.17, 15) is 9.59 Å². The van der Waals surface area contributed by atoms with Gasteiger partial charge >= 0.3 is 0 Å². The van der Waals surface area contributed by atoms with Crippen LogP contribution in [0.25, 0.3) is 0 Å². The van der Waals surface area contributed by atoms with Crippen molar-refractivity contribution in [2.45, 2.75) is 32.6 Å². The number of hydrogen-bond acceptors (Lipinski definition) is 5. The molecule has 7 heteroatoms. The molecule has 4 rings (SSSR count). The molecular weight excluding hydrogens is 344 g/mol. The van der Waals surface area contributed by atoms with Gasteiger partial charge in [-0.1, -0.05) is 5.16 Å². The number of rotatable bonds is 4. The Bertz CT molecular complexity index is 824. The van der Waals surface area contributed by atoms with Crippen molar-refractivity contribution in [3.05, 3.63) is 36.1 Å². The van der Waals surface area contributed by atoms with Crippen molar-refractivity contribution in [2.24, 2.45) is 5.92 Å². The summed E-state index contributed by atoms with van der Waals surface area (Å²) in [6, 6.07) is 9.66. The number of carbonyl (C=O) groups excluding carboxylic acids is 2. The van der Waals surface area contributed by atoms with Gasteiger partial charge in [0.1, 0.15) is 5.76 Å². The molecule has 142 valence electrons. The van der Waals surface area contributed by atoms with E-state index >= 15 is 0 Å². The van der Waals surface area contributed by atoms with Crippen molar-refractivity contribution in [1.82, 2.24) is 5.16 Å². The molecule has 2 fully saturated rings. The minimum atomic E-state index is -0.392. The number of aryl methyl sites for hydroxylation is 1. The fourth-order valence-corrected chi connectivity index (χ4v) is 3.74. The molecule has 7 nitrogen and oxygen atoms in total. The fraction of sp³-hybridized carbons (Fsp3) is 0.450. The van der Waals surface area contributed by atoms with Crippen LogP contribution >= 0.6 is 0 Å². The molecule has 1 aromatic heterocycles. The summed E-state index contributed by atoms with van der Waals surface area (Å²) in [6.45, 7) is 4.28. The minimum absolute atomic E-state index is 0.108. The zero-order valence-electron chi connectivity index (χ0n) is 15.5. The Hall–Kier alpha value is -2.83. The number of carbonyl (C=O) groups is 2.